The summed E-state index contributed by atoms with van der Waals surface area (Å²) in [6.45, 7) is 6.99. The zero-order valence-electron chi connectivity index (χ0n) is 20.7. The van der Waals surface area contributed by atoms with E-state index in [1.807, 2.05) is 74.5 Å². The Balaban J connectivity index is 1.86. The van der Waals surface area contributed by atoms with E-state index in [1.54, 1.807) is 4.90 Å². The van der Waals surface area contributed by atoms with Crippen LogP contribution in [0.25, 0.3) is 0 Å². The van der Waals surface area contributed by atoms with E-state index in [1.165, 1.54) is 29.2 Å². The molecule has 0 aliphatic rings. The second kappa shape index (κ2) is 13.2. The van der Waals surface area contributed by atoms with Crippen molar-refractivity contribution < 1.29 is 14.5 Å². The number of non-ortho nitro benzene ring substituents is 1. The highest BCUT2D eigenvalue weighted by atomic mass is 16.6. The molecule has 0 unspecified atom stereocenters. The summed E-state index contributed by atoms with van der Waals surface area (Å²) in [6, 6.07) is 24.6. The van der Waals surface area contributed by atoms with Crippen LogP contribution >= 0.6 is 0 Å². The topological polar surface area (TPSA) is 87.0 Å². The van der Waals surface area contributed by atoms with Gasteiger partial charge in [0.2, 0.25) is 5.91 Å². The fourth-order valence-corrected chi connectivity index (χ4v) is 3.91. The number of hydrogen-bond acceptors (Lipinski definition) is 5. The van der Waals surface area contributed by atoms with Crippen molar-refractivity contribution in [3.8, 4) is 0 Å². The highest BCUT2D eigenvalue weighted by Crippen LogP contribution is 2.19. The largest absolute Gasteiger partial charge is 0.328 e. The lowest BCUT2D eigenvalue weighted by Gasteiger charge is -2.29. The fraction of sp³-hybridized carbons (Fsp3) is 0.286. The molecule has 0 saturated heterocycles. The molecule has 0 spiro atoms. The van der Waals surface area contributed by atoms with Crippen molar-refractivity contribution in [2.45, 2.75) is 20.4 Å². The minimum Gasteiger partial charge on any atom is -0.328 e. The van der Waals surface area contributed by atoms with Gasteiger partial charge < -0.3 is 14.7 Å². The van der Waals surface area contributed by atoms with Gasteiger partial charge in [-0.3, -0.25) is 19.7 Å². The molecule has 8 heteroatoms. The Bertz CT molecular complexity index is 1130. The lowest BCUT2D eigenvalue weighted by molar-refractivity contribution is -0.384. The van der Waals surface area contributed by atoms with E-state index >= 15 is 0 Å². The molecule has 8 nitrogen and oxygen atoms in total. The molecule has 0 heterocycles. The summed E-state index contributed by atoms with van der Waals surface area (Å²) in [4.78, 5) is 43.0. The SMILES string of the molecule is CCN(CC)CCN(CC(=O)N(Cc1ccccc1)c1ccccc1)C(=O)c1ccc([N+](=O)[O-])cc1. The van der Waals surface area contributed by atoms with Gasteiger partial charge in [0.25, 0.3) is 11.6 Å². The maximum atomic E-state index is 13.7. The van der Waals surface area contributed by atoms with Crippen LogP contribution < -0.4 is 4.90 Å². The number of nitro groups is 1. The van der Waals surface area contributed by atoms with Crippen molar-refractivity contribution in [2.75, 3.05) is 37.6 Å². The van der Waals surface area contributed by atoms with Crippen molar-refractivity contribution in [3.05, 3.63) is 106 Å². The van der Waals surface area contributed by atoms with E-state index in [4.69, 9.17) is 0 Å². The van der Waals surface area contributed by atoms with Crippen LogP contribution in [0.3, 0.4) is 0 Å². The summed E-state index contributed by atoms with van der Waals surface area (Å²) < 4.78 is 0. The third-order valence-corrected chi connectivity index (χ3v) is 6.07. The first-order chi connectivity index (χ1) is 17.4. The van der Waals surface area contributed by atoms with Crippen LogP contribution in [-0.4, -0.2) is 59.3 Å². The Morgan fingerprint density at radius 1 is 0.806 bits per heavy atom. The molecule has 3 aromatic carbocycles. The lowest BCUT2D eigenvalue weighted by atomic mass is 10.1. The molecule has 2 amide bonds. The number of carbonyl (C=O) groups is 2. The van der Waals surface area contributed by atoms with Gasteiger partial charge in [-0.05, 0) is 42.9 Å². The molecule has 0 aliphatic carbocycles. The Labute approximate surface area is 211 Å². The molecule has 0 N–H and O–H groups in total. The van der Waals surface area contributed by atoms with Gasteiger partial charge in [0.1, 0.15) is 6.54 Å². The van der Waals surface area contributed by atoms with Gasteiger partial charge in [0, 0.05) is 36.5 Å². The summed E-state index contributed by atoms with van der Waals surface area (Å²) >= 11 is 0. The summed E-state index contributed by atoms with van der Waals surface area (Å²) in [6.07, 6.45) is 0. The average Bonchev–Trinajstić information content (AvgIpc) is 2.92. The van der Waals surface area contributed by atoms with Gasteiger partial charge in [-0.2, -0.15) is 0 Å². The number of carbonyl (C=O) groups excluding carboxylic acids is 2. The number of likely N-dealkylation sites (N-methyl/N-ethyl adjacent to an activating group) is 1. The number of hydrogen-bond donors (Lipinski definition) is 0. The first-order valence-corrected chi connectivity index (χ1v) is 12.1. The normalized spacial score (nSPS) is 10.8. The van der Waals surface area contributed by atoms with Gasteiger partial charge in [-0.15, -0.1) is 0 Å². The quantitative estimate of drug-likeness (QED) is 0.274. The highest BCUT2D eigenvalue weighted by Gasteiger charge is 2.24. The van der Waals surface area contributed by atoms with E-state index in [2.05, 4.69) is 4.90 Å². The van der Waals surface area contributed by atoms with Crippen LogP contribution in [0.5, 0.6) is 0 Å². The molecule has 188 valence electrons. The second-order valence-electron chi connectivity index (χ2n) is 8.36. The van der Waals surface area contributed by atoms with Crippen molar-refractivity contribution in [1.29, 1.82) is 0 Å². The maximum absolute atomic E-state index is 13.7. The third-order valence-electron chi connectivity index (χ3n) is 6.07. The molecule has 3 aromatic rings. The second-order valence-corrected chi connectivity index (χ2v) is 8.36. The van der Waals surface area contributed by atoms with E-state index in [0.29, 0.717) is 25.2 Å². The summed E-state index contributed by atoms with van der Waals surface area (Å²) in [7, 11) is 0. The van der Waals surface area contributed by atoms with Crippen molar-refractivity contribution in [3.63, 3.8) is 0 Å². The maximum Gasteiger partial charge on any atom is 0.269 e. The standard InChI is InChI=1S/C28H32N4O4/c1-3-29(4-2)19-20-30(28(34)24-15-17-26(18-16-24)32(35)36)22-27(33)31(25-13-9-6-10-14-25)21-23-11-7-5-8-12-23/h5-18H,3-4,19-22H2,1-2H3. The summed E-state index contributed by atoms with van der Waals surface area (Å²) in [5.74, 6) is -0.544. The van der Waals surface area contributed by atoms with E-state index < -0.39 is 4.92 Å². The van der Waals surface area contributed by atoms with Crippen molar-refractivity contribution >= 4 is 23.2 Å². The number of nitro benzene ring substituents is 1. The van der Waals surface area contributed by atoms with Crippen LogP contribution in [0.2, 0.25) is 0 Å². The number of rotatable bonds is 12. The zero-order valence-corrected chi connectivity index (χ0v) is 20.7. The monoisotopic (exact) mass is 488 g/mol. The molecule has 0 radical (unpaired) electrons. The average molecular weight is 489 g/mol. The van der Waals surface area contributed by atoms with Crippen LogP contribution in [0.4, 0.5) is 11.4 Å². The van der Waals surface area contributed by atoms with E-state index in [9.17, 15) is 19.7 Å². The lowest BCUT2D eigenvalue weighted by Crippen LogP contribution is -2.45. The molecule has 3 rings (SSSR count). The highest BCUT2D eigenvalue weighted by molar-refractivity contribution is 6.00. The molecule has 0 aromatic heterocycles. The number of amides is 2. The molecule has 0 atom stereocenters. The van der Waals surface area contributed by atoms with Gasteiger partial charge in [0.15, 0.2) is 0 Å². The Morgan fingerprint density at radius 3 is 1.94 bits per heavy atom. The Morgan fingerprint density at radius 2 is 1.39 bits per heavy atom. The van der Waals surface area contributed by atoms with Gasteiger partial charge in [-0.1, -0.05) is 62.4 Å². The molecule has 0 saturated carbocycles. The molecule has 0 aliphatic heterocycles. The predicted octanol–water partition coefficient (Wildman–Crippen LogP) is 4.61. The first kappa shape index (κ1) is 26.6. The van der Waals surface area contributed by atoms with Crippen LogP contribution in [-0.2, 0) is 11.3 Å². The fourth-order valence-electron chi connectivity index (χ4n) is 3.91. The number of para-hydroxylation sites is 1. The number of anilines is 1. The van der Waals surface area contributed by atoms with E-state index in [-0.39, 0.29) is 24.0 Å². The number of benzene rings is 3. The summed E-state index contributed by atoms with van der Waals surface area (Å²) in [5.41, 5.74) is 1.95. The van der Waals surface area contributed by atoms with Crippen molar-refractivity contribution in [1.82, 2.24) is 9.80 Å². The van der Waals surface area contributed by atoms with Crippen LogP contribution in [0, 0.1) is 10.1 Å². The Kier molecular flexibility index (Phi) is 9.71. The minimum atomic E-state index is -0.503. The van der Waals surface area contributed by atoms with Crippen LogP contribution in [0.1, 0.15) is 29.8 Å². The first-order valence-electron chi connectivity index (χ1n) is 12.1. The molecular formula is C28H32N4O4. The molecular weight excluding hydrogens is 456 g/mol. The van der Waals surface area contributed by atoms with Crippen LogP contribution in [0.15, 0.2) is 84.9 Å². The zero-order chi connectivity index (χ0) is 25.9. The minimum absolute atomic E-state index is 0.0876. The van der Waals surface area contributed by atoms with Gasteiger partial charge in [-0.25, -0.2) is 0 Å². The van der Waals surface area contributed by atoms with Gasteiger partial charge in [0.05, 0.1) is 11.5 Å². The van der Waals surface area contributed by atoms with E-state index in [0.717, 1.165) is 24.3 Å². The molecule has 0 fully saturated rings. The Hall–Kier alpha value is -4.04. The third kappa shape index (κ3) is 7.23. The molecule has 0 bridgehead atoms. The van der Waals surface area contributed by atoms with Crippen molar-refractivity contribution in [2.24, 2.45) is 0 Å². The van der Waals surface area contributed by atoms with Gasteiger partial charge >= 0.3 is 0 Å². The molecule has 36 heavy (non-hydrogen) atoms. The predicted molar refractivity (Wildman–Crippen MR) is 141 cm³/mol. The number of nitrogens with zero attached hydrogens (tertiary/aromatic N) is 4. The summed E-state index contributed by atoms with van der Waals surface area (Å²) in [5, 5.41) is 11.0. The smallest absolute Gasteiger partial charge is 0.269 e.